The van der Waals surface area contributed by atoms with Crippen LogP contribution in [-0.2, 0) is 0 Å². The highest BCUT2D eigenvalue weighted by Gasteiger charge is 2.08. The van der Waals surface area contributed by atoms with E-state index >= 15 is 0 Å². The number of amides is 1. The Hall–Kier alpha value is -0.350. The molecular weight excluding hydrogens is 298 g/mol. The Balaban J connectivity index is 3.08. The molecule has 1 aromatic carbocycles. The zero-order valence-electron chi connectivity index (χ0n) is 7.34. The van der Waals surface area contributed by atoms with Gasteiger partial charge in [0.2, 0.25) is 0 Å². The number of nitrogens with zero attached hydrogens (tertiary/aromatic N) is 1. The topological polar surface area (TPSA) is 20.3 Å². The molecule has 0 heterocycles. The third-order valence-electron chi connectivity index (χ3n) is 1.52. The fraction of sp³-hybridized carbons (Fsp3) is 0.222. The Kier molecular flexibility index (Phi) is 3.50. The van der Waals surface area contributed by atoms with E-state index < -0.39 is 0 Å². The average molecular weight is 307 g/mol. The van der Waals surface area contributed by atoms with Crippen molar-refractivity contribution in [2.45, 2.75) is 0 Å². The van der Waals surface area contributed by atoms with E-state index in [-0.39, 0.29) is 5.91 Å². The Labute approximate surface area is 94.2 Å². The van der Waals surface area contributed by atoms with Crippen LogP contribution >= 0.6 is 31.9 Å². The molecule has 0 spiro atoms. The molecule has 0 fully saturated rings. The lowest BCUT2D eigenvalue weighted by Gasteiger charge is -2.10. The molecule has 70 valence electrons. The summed E-state index contributed by atoms with van der Waals surface area (Å²) in [6.45, 7) is 0. The van der Waals surface area contributed by atoms with Crippen LogP contribution in [-0.4, -0.2) is 24.9 Å². The Morgan fingerprint density at radius 3 is 2.00 bits per heavy atom. The van der Waals surface area contributed by atoms with Crippen molar-refractivity contribution in [2.75, 3.05) is 14.1 Å². The first-order valence-electron chi connectivity index (χ1n) is 3.68. The minimum atomic E-state index is 0.00185. The van der Waals surface area contributed by atoms with Crippen molar-refractivity contribution in [3.8, 4) is 0 Å². The van der Waals surface area contributed by atoms with E-state index in [0.717, 1.165) is 8.95 Å². The largest absolute Gasteiger partial charge is 0.345 e. The minimum Gasteiger partial charge on any atom is -0.345 e. The molecule has 0 aromatic heterocycles. The molecule has 2 nitrogen and oxygen atoms in total. The van der Waals surface area contributed by atoms with Gasteiger partial charge in [0.25, 0.3) is 5.91 Å². The number of carbonyl (C=O) groups excluding carboxylic acids is 1. The Bertz CT molecular complexity index is 316. The summed E-state index contributed by atoms with van der Waals surface area (Å²) in [6.07, 6.45) is 0. The van der Waals surface area contributed by atoms with Crippen LogP contribution in [0.1, 0.15) is 10.4 Å². The summed E-state index contributed by atoms with van der Waals surface area (Å²) in [5.74, 6) is 0.00185. The normalized spacial score (nSPS) is 9.85. The first-order valence-corrected chi connectivity index (χ1v) is 5.27. The molecule has 0 saturated heterocycles. The number of rotatable bonds is 1. The van der Waals surface area contributed by atoms with Crippen LogP contribution in [0.2, 0.25) is 0 Å². The molecule has 1 aromatic rings. The van der Waals surface area contributed by atoms with E-state index in [1.165, 1.54) is 0 Å². The highest BCUT2D eigenvalue weighted by Crippen LogP contribution is 2.20. The zero-order chi connectivity index (χ0) is 10.0. The lowest BCUT2D eigenvalue weighted by molar-refractivity contribution is 0.0827. The van der Waals surface area contributed by atoms with Gasteiger partial charge in [0, 0.05) is 28.6 Å². The second-order valence-electron chi connectivity index (χ2n) is 2.86. The number of benzene rings is 1. The van der Waals surface area contributed by atoms with E-state index in [4.69, 9.17) is 0 Å². The highest BCUT2D eigenvalue weighted by atomic mass is 79.9. The van der Waals surface area contributed by atoms with Gasteiger partial charge >= 0.3 is 0 Å². The monoisotopic (exact) mass is 305 g/mol. The van der Waals surface area contributed by atoms with Gasteiger partial charge in [0.1, 0.15) is 0 Å². The first-order chi connectivity index (χ1) is 6.00. The summed E-state index contributed by atoms with van der Waals surface area (Å²) >= 11 is 6.66. The molecule has 0 saturated carbocycles. The van der Waals surface area contributed by atoms with Gasteiger partial charge in [-0.25, -0.2) is 0 Å². The third kappa shape index (κ3) is 2.81. The molecule has 0 aliphatic heterocycles. The Morgan fingerprint density at radius 1 is 1.15 bits per heavy atom. The van der Waals surface area contributed by atoms with E-state index in [0.29, 0.717) is 5.56 Å². The lowest BCUT2D eigenvalue weighted by atomic mass is 10.2. The third-order valence-corrected chi connectivity index (χ3v) is 2.43. The molecule has 4 heteroatoms. The van der Waals surface area contributed by atoms with E-state index in [1.54, 1.807) is 31.1 Å². The van der Waals surface area contributed by atoms with Gasteiger partial charge in [0.05, 0.1) is 0 Å². The second kappa shape index (κ2) is 4.24. The molecule has 0 bridgehead atoms. The molecule has 0 radical (unpaired) electrons. The van der Waals surface area contributed by atoms with Gasteiger partial charge in [-0.2, -0.15) is 0 Å². The molecule has 13 heavy (non-hydrogen) atoms. The lowest BCUT2D eigenvalue weighted by Crippen LogP contribution is -2.21. The maximum atomic E-state index is 11.5. The maximum absolute atomic E-state index is 11.5. The predicted molar refractivity (Wildman–Crippen MR) is 59.9 cm³/mol. The van der Waals surface area contributed by atoms with E-state index in [9.17, 15) is 4.79 Å². The zero-order valence-corrected chi connectivity index (χ0v) is 10.5. The van der Waals surface area contributed by atoms with Crippen molar-refractivity contribution in [3.05, 3.63) is 32.7 Å². The summed E-state index contributed by atoms with van der Waals surface area (Å²) in [5, 5.41) is 0. The van der Waals surface area contributed by atoms with E-state index in [2.05, 4.69) is 31.9 Å². The summed E-state index contributed by atoms with van der Waals surface area (Å²) < 4.78 is 1.79. The summed E-state index contributed by atoms with van der Waals surface area (Å²) in [6, 6.07) is 5.49. The van der Waals surface area contributed by atoms with E-state index in [1.807, 2.05) is 6.07 Å². The molecule has 0 aliphatic rings. The van der Waals surface area contributed by atoms with Gasteiger partial charge in [-0.1, -0.05) is 31.9 Å². The smallest absolute Gasteiger partial charge is 0.253 e. The predicted octanol–water partition coefficient (Wildman–Crippen LogP) is 2.91. The quantitative estimate of drug-likeness (QED) is 0.781. The molecule has 0 N–H and O–H groups in total. The SMILES string of the molecule is CN(C)C(=O)c1cc(Br)cc(Br)c1. The van der Waals surface area contributed by atoms with Crippen molar-refractivity contribution < 1.29 is 4.79 Å². The van der Waals surface area contributed by atoms with Crippen LogP contribution < -0.4 is 0 Å². The fourth-order valence-corrected chi connectivity index (χ4v) is 2.23. The van der Waals surface area contributed by atoms with Gasteiger partial charge in [-0.3, -0.25) is 4.79 Å². The summed E-state index contributed by atoms with van der Waals surface area (Å²) in [7, 11) is 3.47. The summed E-state index contributed by atoms with van der Waals surface area (Å²) in [4.78, 5) is 13.1. The van der Waals surface area contributed by atoms with Crippen molar-refractivity contribution in [1.29, 1.82) is 0 Å². The van der Waals surface area contributed by atoms with Crippen molar-refractivity contribution in [1.82, 2.24) is 4.90 Å². The highest BCUT2D eigenvalue weighted by molar-refractivity contribution is 9.11. The first kappa shape index (κ1) is 10.7. The van der Waals surface area contributed by atoms with Gasteiger partial charge in [0.15, 0.2) is 0 Å². The molecule has 0 unspecified atom stereocenters. The van der Waals surface area contributed by atoms with Crippen LogP contribution in [0.5, 0.6) is 0 Å². The fourth-order valence-electron chi connectivity index (χ4n) is 0.936. The van der Waals surface area contributed by atoms with Crippen LogP contribution in [0.4, 0.5) is 0 Å². The van der Waals surface area contributed by atoms with Crippen LogP contribution in [0.25, 0.3) is 0 Å². The number of hydrogen-bond donors (Lipinski definition) is 0. The van der Waals surface area contributed by atoms with Crippen molar-refractivity contribution in [3.63, 3.8) is 0 Å². The standard InChI is InChI=1S/C9H9Br2NO/c1-12(2)9(13)6-3-7(10)5-8(11)4-6/h3-5H,1-2H3. The number of carbonyl (C=O) groups is 1. The van der Waals surface area contributed by atoms with Crippen LogP contribution in [0, 0.1) is 0 Å². The number of halogens is 2. The average Bonchev–Trinajstić information content (AvgIpc) is 2.01. The molecule has 1 amide bonds. The van der Waals surface area contributed by atoms with Crippen molar-refractivity contribution >= 4 is 37.8 Å². The molecule has 0 aliphatic carbocycles. The molecule has 1 rings (SSSR count). The maximum Gasteiger partial charge on any atom is 0.253 e. The van der Waals surface area contributed by atoms with Gasteiger partial charge in [-0.15, -0.1) is 0 Å². The van der Waals surface area contributed by atoms with Gasteiger partial charge < -0.3 is 4.90 Å². The molecular formula is C9H9Br2NO. The van der Waals surface area contributed by atoms with Crippen molar-refractivity contribution in [2.24, 2.45) is 0 Å². The van der Waals surface area contributed by atoms with Crippen LogP contribution in [0.3, 0.4) is 0 Å². The van der Waals surface area contributed by atoms with Crippen LogP contribution in [0.15, 0.2) is 27.1 Å². The Morgan fingerprint density at radius 2 is 1.62 bits per heavy atom. The van der Waals surface area contributed by atoms with Gasteiger partial charge in [-0.05, 0) is 18.2 Å². The summed E-state index contributed by atoms with van der Waals surface area (Å²) in [5.41, 5.74) is 0.672. The second-order valence-corrected chi connectivity index (χ2v) is 4.69. The minimum absolute atomic E-state index is 0.00185. The number of hydrogen-bond acceptors (Lipinski definition) is 1. The molecule has 0 atom stereocenters.